The van der Waals surface area contributed by atoms with E-state index in [-0.39, 0.29) is 5.54 Å². The van der Waals surface area contributed by atoms with Crippen molar-refractivity contribution < 1.29 is 9.47 Å². The highest BCUT2D eigenvalue weighted by Gasteiger charge is 2.36. The highest BCUT2D eigenvalue weighted by molar-refractivity contribution is 9.10. The summed E-state index contributed by atoms with van der Waals surface area (Å²) in [6.45, 7) is 1.43. The third kappa shape index (κ3) is 1.93. The van der Waals surface area contributed by atoms with E-state index in [2.05, 4.69) is 15.9 Å². The lowest BCUT2D eigenvalue weighted by Gasteiger charge is -2.39. The number of hydrogen-bond acceptors (Lipinski definition) is 3. The first-order valence-electron chi connectivity index (χ1n) is 6.08. The van der Waals surface area contributed by atoms with Crippen molar-refractivity contribution in [3.63, 3.8) is 0 Å². The van der Waals surface area contributed by atoms with Gasteiger partial charge in [-0.3, -0.25) is 0 Å². The lowest BCUT2D eigenvalue weighted by atomic mass is 9.73. The lowest BCUT2D eigenvalue weighted by Crippen LogP contribution is -2.43. The topological polar surface area (TPSA) is 44.5 Å². The average Bonchev–Trinajstić information content (AvgIpc) is 2.49. The zero-order chi connectivity index (χ0) is 11.9. The molecule has 1 aromatic rings. The van der Waals surface area contributed by atoms with E-state index in [9.17, 15) is 0 Å². The van der Waals surface area contributed by atoms with Crippen LogP contribution in [0, 0.1) is 0 Å². The molecule has 0 bridgehead atoms. The molecule has 0 spiro atoms. The van der Waals surface area contributed by atoms with E-state index >= 15 is 0 Å². The molecule has 3 rings (SSSR count). The Morgan fingerprint density at radius 1 is 1.06 bits per heavy atom. The van der Waals surface area contributed by atoms with E-state index in [1.54, 1.807) is 0 Å². The van der Waals surface area contributed by atoms with Crippen molar-refractivity contribution in [2.45, 2.75) is 31.2 Å². The molecule has 2 aliphatic rings. The second kappa shape index (κ2) is 4.18. The first kappa shape index (κ1) is 11.4. The van der Waals surface area contributed by atoms with Crippen LogP contribution < -0.4 is 15.2 Å². The molecule has 0 atom stereocenters. The minimum Gasteiger partial charge on any atom is -0.490 e. The molecule has 92 valence electrons. The van der Waals surface area contributed by atoms with Crippen molar-refractivity contribution in [1.29, 1.82) is 0 Å². The SMILES string of the molecule is NC1(c2cc3c(cc2Br)OCCCO3)CCC1. The summed E-state index contributed by atoms with van der Waals surface area (Å²) in [4.78, 5) is 0. The fraction of sp³-hybridized carbons (Fsp3) is 0.538. The van der Waals surface area contributed by atoms with E-state index in [1.165, 1.54) is 6.42 Å². The van der Waals surface area contributed by atoms with E-state index < -0.39 is 0 Å². The first-order chi connectivity index (χ1) is 8.19. The van der Waals surface area contributed by atoms with E-state index in [4.69, 9.17) is 15.2 Å². The van der Waals surface area contributed by atoms with E-state index in [1.807, 2.05) is 12.1 Å². The van der Waals surface area contributed by atoms with E-state index in [0.29, 0.717) is 13.2 Å². The highest BCUT2D eigenvalue weighted by atomic mass is 79.9. The molecule has 0 amide bonds. The van der Waals surface area contributed by atoms with Crippen LogP contribution in [0.4, 0.5) is 0 Å². The first-order valence-corrected chi connectivity index (χ1v) is 6.87. The van der Waals surface area contributed by atoms with Gasteiger partial charge < -0.3 is 15.2 Å². The van der Waals surface area contributed by atoms with Crippen molar-refractivity contribution in [3.05, 3.63) is 22.2 Å². The van der Waals surface area contributed by atoms with Crippen LogP contribution in [-0.4, -0.2) is 13.2 Å². The summed E-state index contributed by atoms with van der Waals surface area (Å²) in [5.74, 6) is 1.65. The van der Waals surface area contributed by atoms with Crippen LogP contribution in [0.2, 0.25) is 0 Å². The van der Waals surface area contributed by atoms with Gasteiger partial charge in [-0.1, -0.05) is 15.9 Å². The monoisotopic (exact) mass is 297 g/mol. The Kier molecular flexibility index (Phi) is 2.79. The molecule has 4 heteroatoms. The number of hydrogen-bond donors (Lipinski definition) is 1. The summed E-state index contributed by atoms with van der Waals surface area (Å²) in [5.41, 5.74) is 7.34. The fourth-order valence-electron chi connectivity index (χ4n) is 2.39. The maximum absolute atomic E-state index is 6.37. The molecular formula is C13H16BrNO2. The molecule has 1 aliphatic carbocycles. The molecule has 0 aromatic heterocycles. The van der Waals surface area contributed by atoms with Gasteiger partial charge in [-0.05, 0) is 37.0 Å². The number of rotatable bonds is 1. The van der Waals surface area contributed by atoms with Crippen molar-refractivity contribution >= 4 is 15.9 Å². The Morgan fingerprint density at radius 3 is 2.29 bits per heavy atom. The summed E-state index contributed by atoms with van der Waals surface area (Å²) >= 11 is 3.60. The molecule has 0 unspecified atom stereocenters. The van der Waals surface area contributed by atoms with Crippen LogP contribution in [0.25, 0.3) is 0 Å². The largest absolute Gasteiger partial charge is 0.490 e. The number of nitrogens with two attached hydrogens (primary N) is 1. The number of fused-ring (bicyclic) bond motifs is 1. The second-order valence-electron chi connectivity index (χ2n) is 4.84. The summed E-state index contributed by atoms with van der Waals surface area (Å²) in [5, 5.41) is 0. The zero-order valence-corrected chi connectivity index (χ0v) is 11.3. The summed E-state index contributed by atoms with van der Waals surface area (Å²) < 4.78 is 12.4. The quantitative estimate of drug-likeness (QED) is 0.867. The molecule has 2 N–H and O–H groups in total. The van der Waals surface area contributed by atoms with Crippen LogP contribution in [0.3, 0.4) is 0 Å². The second-order valence-corrected chi connectivity index (χ2v) is 5.69. The normalized spacial score (nSPS) is 21.5. The van der Waals surface area contributed by atoms with Gasteiger partial charge in [-0.2, -0.15) is 0 Å². The zero-order valence-electron chi connectivity index (χ0n) is 9.67. The van der Waals surface area contributed by atoms with E-state index in [0.717, 1.165) is 40.8 Å². The number of ether oxygens (including phenoxy) is 2. The molecule has 1 heterocycles. The summed E-state index contributed by atoms with van der Waals surface area (Å²) in [6.07, 6.45) is 4.23. The molecule has 3 nitrogen and oxygen atoms in total. The van der Waals surface area contributed by atoms with Gasteiger partial charge in [0.25, 0.3) is 0 Å². The smallest absolute Gasteiger partial charge is 0.162 e. The molecule has 0 radical (unpaired) electrons. The van der Waals surface area contributed by atoms with Crippen molar-refractivity contribution in [1.82, 2.24) is 0 Å². The average molecular weight is 298 g/mol. The molecule has 1 aliphatic heterocycles. The van der Waals surface area contributed by atoms with Gasteiger partial charge in [0, 0.05) is 16.4 Å². The number of benzene rings is 1. The van der Waals surface area contributed by atoms with Gasteiger partial charge in [0.15, 0.2) is 11.5 Å². The van der Waals surface area contributed by atoms with Gasteiger partial charge in [0.2, 0.25) is 0 Å². The Morgan fingerprint density at radius 2 is 1.71 bits per heavy atom. The number of halogens is 1. The van der Waals surface area contributed by atoms with Gasteiger partial charge in [0.05, 0.1) is 13.2 Å². The molecule has 1 aromatic carbocycles. The lowest BCUT2D eigenvalue weighted by molar-refractivity contribution is 0.250. The van der Waals surface area contributed by atoms with Gasteiger partial charge in [0.1, 0.15) is 0 Å². The molecule has 17 heavy (non-hydrogen) atoms. The van der Waals surface area contributed by atoms with Gasteiger partial charge in [-0.15, -0.1) is 0 Å². The van der Waals surface area contributed by atoms with Crippen molar-refractivity contribution in [2.24, 2.45) is 5.73 Å². The van der Waals surface area contributed by atoms with Gasteiger partial charge in [-0.25, -0.2) is 0 Å². The van der Waals surface area contributed by atoms with Crippen LogP contribution in [0.15, 0.2) is 16.6 Å². The van der Waals surface area contributed by atoms with Crippen LogP contribution >= 0.6 is 15.9 Å². The molecule has 1 fully saturated rings. The summed E-state index contributed by atoms with van der Waals surface area (Å²) in [7, 11) is 0. The fourth-order valence-corrected chi connectivity index (χ4v) is 3.11. The van der Waals surface area contributed by atoms with Crippen LogP contribution in [0.1, 0.15) is 31.2 Å². The predicted molar refractivity (Wildman–Crippen MR) is 69.5 cm³/mol. The highest BCUT2D eigenvalue weighted by Crippen LogP contribution is 2.45. The minimum atomic E-state index is -0.177. The molecular weight excluding hydrogens is 282 g/mol. The summed E-state index contributed by atoms with van der Waals surface area (Å²) in [6, 6.07) is 4.03. The third-order valence-electron chi connectivity index (χ3n) is 3.62. The Hall–Kier alpha value is -0.740. The maximum Gasteiger partial charge on any atom is 0.162 e. The molecule has 1 saturated carbocycles. The van der Waals surface area contributed by atoms with Crippen LogP contribution in [0.5, 0.6) is 11.5 Å². The Bertz CT molecular complexity index is 443. The van der Waals surface area contributed by atoms with Gasteiger partial charge >= 0.3 is 0 Å². The Labute approximate surface area is 109 Å². The van der Waals surface area contributed by atoms with Crippen LogP contribution in [-0.2, 0) is 5.54 Å². The third-order valence-corrected chi connectivity index (χ3v) is 4.28. The van der Waals surface area contributed by atoms with Crippen molar-refractivity contribution in [3.8, 4) is 11.5 Å². The Balaban J connectivity index is 2.02. The minimum absolute atomic E-state index is 0.177. The maximum atomic E-state index is 6.37. The standard InChI is InChI=1S/C13H16BrNO2/c14-10-8-12-11(16-5-2-6-17-12)7-9(10)13(15)3-1-4-13/h7-8H,1-6,15H2. The molecule has 0 saturated heterocycles. The van der Waals surface area contributed by atoms with Crippen molar-refractivity contribution in [2.75, 3.05) is 13.2 Å². The predicted octanol–water partition coefficient (Wildman–Crippen LogP) is 2.95.